The lowest BCUT2D eigenvalue weighted by atomic mass is 9.82. The van der Waals surface area contributed by atoms with Crippen LogP contribution in [0, 0.1) is 5.92 Å². The first-order chi connectivity index (χ1) is 11.8. The van der Waals surface area contributed by atoms with Gasteiger partial charge in [-0.3, -0.25) is 10.1 Å². The van der Waals surface area contributed by atoms with Crippen molar-refractivity contribution in [3.8, 4) is 0 Å². The highest BCUT2D eigenvalue weighted by molar-refractivity contribution is 6.06. The molecule has 8 nitrogen and oxygen atoms in total. The number of carboxylic acid groups (broad SMARTS) is 1. The standard InChI is InChI=1S/C17H18N2O6/c1-8(20)13-12-7-11(14(16(22)23)19(12)15(13)21)9-3-5-10(6-4-9)18-17(24)25-2/h3-6,8,12-13,20H,7H2,1-2H3,(H,18,24)(H,22,23)/t8-,12-,13-/m1/s1. The lowest BCUT2D eigenvalue weighted by Crippen LogP contribution is -2.61. The van der Waals surface area contributed by atoms with Crippen LogP contribution in [0.25, 0.3) is 5.57 Å². The highest BCUT2D eigenvalue weighted by atomic mass is 16.5. The number of aliphatic carboxylic acids is 1. The minimum atomic E-state index is -1.17. The molecule has 0 aromatic heterocycles. The van der Waals surface area contributed by atoms with E-state index in [1.807, 2.05) is 0 Å². The van der Waals surface area contributed by atoms with Crippen LogP contribution in [0.3, 0.4) is 0 Å². The van der Waals surface area contributed by atoms with Gasteiger partial charge in [-0.2, -0.15) is 0 Å². The Balaban J connectivity index is 1.90. The molecule has 8 heteroatoms. The van der Waals surface area contributed by atoms with Crippen LogP contribution < -0.4 is 5.32 Å². The number of rotatable bonds is 4. The van der Waals surface area contributed by atoms with Gasteiger partial charge < -0.3 is 19.8 Å². The van der Waals surface area contributed by atoms with Gasteiger partial charge in [0.15, 0.2) is 0 Å². The summed E-state index contributed by atoms with van der Waals surface area (Å²) in [6.45, 7) is 1.53. The molecule has 3 rings (SSSR count). The smallest absolute Gasteiger partial charge is 0.411 e. The van der Waals surface area contributed by atoms with Crippen molar-refractivity contribution in [1.29, 1.82) is 0 Å². The summed E-state index contributed by atoms with van der Waals surface area (Å²) >= 11 is 0. The van der Waals surface area contributed by atoms with Gasteiger partial charge in [0.2, 0.25) is 5.91 Å². The summed E-state index contributed by atoms with van der Waals surface area (Å²) in [5, 5.41) is 21.8. The average Bonchev–Trinajstić information content (AvgIpc) is 2.90. The number of β-lactam (4-membered cyclic amide) rings is 1. The van der Waals surface area contributed by atoms with E-state index in [1.54, 1.807) is 24.3 Å². The van der Waals surface area contributed by atoms with E-state index in [9.17, 15) is 24.6 Å². The molecule has 1 aromatic rings. The van der Waals surface area contributed by atoms with Crippen LogP contribution in [-0.4, -0.2) is 52.3 Å². The zero-order valence-corrected chi connectivity index (χ0v) is 13.7. The van der Waals surface area contributed by atoms with Crippen molar-refractivity contribution in [1.82, 2.24) is 4.90 Å². The number of carbonyl (C=O) groups is 3. The quantitative estimate of drug-likeness (QED) is 0.707. The topological polar surface area (TPSA) is 116 Å². The third kappa shape index (κ3) is 2.74. The number of hydrogen-bond acceptors (Lipinski definition) is 5. The Bertz CT molecular complexity index is 768. The van der Waals surface area contributed by atoms with Crippen molar-refractivity contribution in [2.75, 3.05) is 12.4 Å². The van der Waals surface area contributed by atoms with Crippen LogP contribution in [-0.2, 0) is 14.3 Å². The molecule has 25 heavy (non-hydrogen) atoms. The van der Waals surface area contributed by atoms with Crippen molar-refractivity contribution in [3.63, 3.8) is 0 Å². The van der Waals surface area contributed by atoms with Gasteiger partial charge in [-0.1, -0.05) is 12.1 Å². The lowest BCUT2D eigenvalue weighted by Gasteiger charge is -2.44. The van der Waals surface area contributed by atoms with E-state index in [0.717, 1.165) is 0 Å². The molecule has 0 saturated carbocycles. The van der Waals surface area contributed by atoms with Crippen LogP contribution in [0.5, 0.6) is 0 Å². The van der Waals surface area contributed by atoms with Gasteiger partial charge in [0.1, 0.15) is 5.70 Å². The molecule has 3 atom stereocenters. The van der Waals surface area contributed by atoms with E-state index < -0.39 is 24.1 Å². The van der Waals surface area contributed by atoms with E-state index in [4.69, 9.17) is 0 Å². The number of hydrogen-bond donors (Lipinski definition) is 3. The average molecular weight is 346 g/mol. The number of aliphatic hydroxyl groups excluding tert-OH is 1. The van der Waals surface area contributed by atoms with E-state index in [2.05, 4.69) is 10.1 Å². The Morgan fingerprint density at radius 1 is 1.32 bits per heavy atom. The van der Waals surface area contributed by atoms with Gasteiger partial charge in [0.25, 0.3) is 0 Å². The SMILES string of the molecule is COC(=O)Nc1ccc(C2=C(C(=O)O)N3C(=O)[C@H]([C@@H](C)O)[C@H]3C2)cc1. The molecule has 3 N–H and O–H groups in total. The number of methoxy groups -OCH3 is 1. The number of amides is 2. The number of benzene rings is 1. The fourth-order valence-corrected chi connectivity index (χ4v) is 3.45. The molecule has 132 valence electrons. The van der Waals surface area contributed by atoms with Crippen molar-refractivity contribution in [2.24, 2.45) is 5.92 Å². The molecule has 1 fully saturated rings. The van der Waals surface area contributed by atoms with Gasteiger partial charge in [-0.05, 0) is 36.6 Å². The maximum atomic E-state index is 12.2. The summed E-state index contributed by atoms with van der Waals surface area (Å²) in [4.78, 5) is 36.3. The summed E-state index contributed by atoms with van der Waals surface area (Å²) < 4.78 is 4.51. The fraction of sp³-hybridized carbons (Fsp3) is 0.353. The zero-order chi connectivity index (χ0) is 18.3. The summed E-state index contributed by atoms with van der Waals surface area (Å²) in [5.41, 5.74) is 1.66. The van der Waals surface area contributed by atoms with Crippen LogP contribution in [0.15, 0.2) is 30.0 Å². The third-order valence-electron chi connectivity index (χ3n) is 4.60. The Hall–Kier alpha value is -2.87. The normalized spacial score (nSPS) is 23.0. The molecule has 2 aliphatic rings. The van der Waals surface area contributed by atoms with Gasteiger partial charge in [0, 0.05) is 5.69 Å². The van der Waals surface area contributed by atoms with Crippen LogP contribution >= 0.6 is 0 Å². The van der Waals surface area contributed by atoms with Crippen LogP contribution in [0.2, 0.25) is 0 Å². The van der Waals surface area contributed by atoms with Crippen LogP contribution in [0.1, 0.15) is 18.9 Å². The molecule has 2 aliphatic heterocycles. The number of nitrogens with one attached hydrogen (secondary N) is 1. The predicted molar refractivity (Wildman–Crippen MR) is 87.4 cm³/mol. The number of ether oxygens (including phenoxy) is 1. The molecule has 1 saturated heterocycles. The minimum Gasteiger partial charge on any atom is -0.477 e. The summed E-state index contributed by atoms with van der Waals surface area (Å²) in [6, 6.07) is 6.28. The van der Waals surface area contributed by atoms with Gasteiger partial charge in [0.05, 0.1) is 25.2 Å². The molecule has 2 heterocycles. The molecular formula is C17H18N2O6. The molecule has 0 unspecified atom stereocenters. The molecule has 2 amide bonds. The number of aliphatic hydroxyl groups is 1. The molecule has 1 aromatic carbocycles. The first-order valence-electron chi connectivity index (χ1n) is 7.78. The largest absolute Gasteiger partial charge is 0.477 e. The fourth-order valence-electron chi connectivity index (χ4n) is 3.45. The Kier molecular flexibility index (Phi) is 4.22. The number of fused-ring (bicyclic) bond motifs is 1. The van der Waals surface area contributed by atoms with E-state index in [-0.39, 0.29) is 17.6 Å². The molecule has 0 bridgehead atoms. The number of anilines is 1. The first kappa shape index (κ1) is 17.0. The summed E-state index contributed by atoms with van der Waals surface area (Å²) in [6.07, 6.45) is -1.06. The van der Waals surface area contributed by atoms with E-state index in [1.165, 1.54) is 18.9 Å². The number of carboxylic acids is 1. The predicted octanol–water partition coefficient (Wildman–Crippen LogP) is 1.27. The van der Waals surface area contributed by atoms with E-state index >= 15 is 0 Å². The highest BCUT2D eigenvalue weighted by Gasteiger charge is 2.56. The van der Waals surface area contributed by atoms with Gasteiger partial charge in [-0.25, -0.2) is 9.59 Å². The molecule has 0 aliphatic carbocycles. The second kappa shape index (κ2) is 6.21. The highest BCUT2D eigenvalue weighted by Crippen LogP contribution is 2.46. The Labute approximate surface area is 143 Å². The third-order valence-corrected chi connectivity index (χ3v) is 4.60. The maximum Gasteiger partial charge on any atom is 0.411 e. The van der Waals surface area contributed by atoms with E-state index in [0.29, 0.717) is 23.2 Å². The maximum absolute atomic E-state index is 12.2. The van der Waals surface area contributed by atoms with Crippen molar-refractivity contribution >= 4 is 29.2 Å². The summed E-state index contributed by atoms with van der Waals surface area (Å²) in [5.74, 6) is -2.12. The van der Waals surface area contributed by atoms with Crippen molar-refractivity contribution < 1.29 is 29.3 Å². The number of nitrogens with zero attached hydrogens (tertiary/aromatic N) is 1. The Morgan fingerprint density at radius 2 is 1.96 bits per heavy atom. The van der Waals surface area contributed by atoms with Crippen molar-refractivity contribution in [3.05, 3.63) is 35.5 Å². The molecule has 0 spiro atoms. The second-order valence-corrected chi connectivity index (χ2v) is 6.07. The molecule has 0 radical (unpaired) electrons. The molecular weight excluding hydrogens is 328 g/mol. The lowest BCUT2D eigenvalue weighted by molar-refractivity contribution is -0.161. The monoisotopic (exact) mass is 346 g/mol. The zero-order valence-electron chi connectivity index (χ0n) is 13.7. The number of carbonyl (C=O) groups excluding carboxylic acids is 2. The van der Waals surface area contributed by atoms with Gasteiger partial charge >= 0.3 is 12.1 Å². The van der Waals surface area contributed by atoms with Crippen molar-refractivity contribution in [2.45, 2.75) is 25.5 Å². The second-order valence-electron chi connectivity index (χ2n) is 6.07. The van der Waals surface area contributed by atoms with Gasteiger partial charge in [-0.15, -0.1) is 0 Å². The first-order valence-corrected chi connectivity index (χ1v) is 7.78. The van der Waals surface area contributed by atoms with Crippen LogP contribution in [0.4, 0.5) is 10.5 Å². The Morgan fingerprint density at radius 3 is 2.48 bits per heavy atom. The summed E-state index contributed by atoms with van der Waals surface area (Å²) in [7, 11) is 1.26. The minimum absolute atomic E-state index is 0.0411.